The Labute approximate surface area is 147 Å². The maximum atomic E-state index is 12.9. The van der Waals surface area contributed by atoms with Crippen molar-refractivity contribution in [3.8, 4) is 0 Å². The summed E-state index contributed by atoms with van der Waals surface area (Å²) < 4.78 is 6.18. The van der Waals surface area contributed by atoms with Gasteiger partial charge in [-0.3, -0.25) is 9.78 Å². The highest BCUT2D eigenvalue weighted by Crippen LogP contribution is 2.38. The quantitative estimate of drug-likeness (QED) is 0.908. The number of carbonyl (C=O) groups excluding carboxylic acids is 1. The zero-order chi connectivity index (χ0) is 17.1. The van der Waals surface area contributed by atoms with Crippen molar-refractivity contribution in [2.75, 3.05) is 19.7 Å². The number of rotatable bonds is 5. The molecule has 0 saturated carbocycles. The molecule has 1 aliphatic carbocycles. The number of hydrogen-bond donors (Lipinski definition) is 1. The van der Waals surface area contributed by atoms with Crippen LogP contribution in [0, 0.1) is 5.92 Å². The lowest BCUT2D eigenvalue weighted by Gasteiger charge is -2.22. The Morgan fingerprint density at radius 2 is 1.88 bits per heavy atom. The zero-order valence-corrected chi connectivity index (χ0v) is 14.2. The van der Waals surface area contributed by atoms with Crippen LogP contribution >= 0.6 is 0 Å². The molecule has 2 heterocycles. The first-order chi connectivity index (χ1) is 12.3. The number of nitrogens with one attached hydrogen (secondary N) is 1. The number of fused-ring (bicyclic) bond motifs is 1. The van der Waals surface area contributed by atoms with Gasteiger partial charge in [-0.15, -0.1) is 0 Å². The number of allylic oxidation sites excluding steroid dienone is 1. The molecule has 1 aromatic heterocycles. The molecule has 2 aliphatic rings. The number of hydrogen-bond acceptors (Lipinski definition) is 4. The topological polar surface area (TPSA) is 51.2 Å². The summed E-state index contributed by atoms with van der Waals surface area (Å²) in [4.78, 5) is 17.1. The van der Waals surface area contributed by atoms with Crippen LogP contribution in [0.15, 0.2) is 48.8 Å². The monoisotopic (exact) mass is 334 g/mol. The van der Waals surface area contributed by atoms with Gasteiger partial charge in [0.15, 0.2) is 5.78 Å². The van der Waals surface area contributed by atoms with Gasteiger partial charge in [0.2, 0.25) is 0 Å². The standard InChI is InChI=1S/C21H22N2O2/c24-20-17-5-1-2-6-18(17)21(19(20)16-4-3-10-23-14-16)25-13-9-15-7-11-22-12-8-15/h1-6,10,14-15,22H,7-9,11-13H2. The summed E-state index contributed by atoms with van der Waals surface area (Å²) in [6.07, 6.45) is 6.88. The van der Waals surface area contributed by atoms with E-state index in [4.69, 9.17) is 4.74 Å². The van der Waals surface area contributed by atoms with Crippen molar-refractivity contribution in [1.82, 2.24) is 10.3 Å². The second-order valence-corrected chi connectivity index (χ2v) is 6.65. The first-order valence-electron chi connectivity index (χ1n) is 8.97. The smallest absolute Gasteiger partial charge is 0.198 e. The normalized spacial score (nSPS) is 17.7. The highest BCUT2D eigenvalue weighted by atomic mass is 16.5. The lowest BCUT2D eigenvalue weighted by molar-refractivity contribution is 0.105. The number of benzene rings is 1. The van der Waals surface area contributed by atoms with E-state index in [0.717, 1.165) is 36.2 Å². The van der Waals surface area contributed by atoms with E-state index in [0.29, 0.717) is 23.9 Å². The number of nitrogens with zero attached hydrogens (tertiary/aromatic N) is 1. The summed E-state index contributed by atoms with van der Waals surface area (Å²) >= 11 is 0. The molecule has 1 fully saturated rings. The SMILES string of the molecule is O=C1C(c2cccnc2)=C(OCCC2CCNCC2)c2ccccc21. The van der Waals surface area contributed by atoms with Crippen LogP contribution in [0.3, 0.4) is 0 Å². The van der Waals surface area contributed by atoms with Gasteiger partial charge in [-0.05, 0) is 44.3 Å². The van der Waals surface area contributed by atoms with Gasteiger partial charge in [0.1, 0.15) is 5.76 Å². The fourth-order valence-electron chi connectivity index (χ4n) is 3.67. The molecule has 0 unspecified atom stereocenters. The predicted octanol–water partition coefficient (Wildman–Crippen LogP) is 3.55. The average Bonchev–Trinajstić information content (AvgIpc) is 2.96. The molecule has 128 valence electrons. The summed E-state index contributed by atoms with van der Waals surface area (Å²) in [6.45, 7) is 2.83. The molecule has 4 nitrogen and oxygen atoms in total. The fraction of sp³-hybridized carbons (Fsp3) is 0.333. The van der Waals surface area contributed by atoms with E-state index in [1.165, 1.54) is 12.8 Å². The van der Waals surface area contributed by atoms with E-state index in [9.17, 15) is 4.79 Å². The van der Waals surface area contributed by atoms with Gasteiger partial charge < -0.3 is 10.1 Å². The van der Waals surface area contributed by atoms with E-state index in [-0.39, 0.29) is 5.78 Å². The Morgan fingerprint density at radius 1 is 1.08 bits per heavy atom. The summed E-state index contributed by atoms with van der Waals surface area (Å²) in [6, 6.07) is 11.5. The minimum atomic E-state index is 0.0282. The number of carbonyl (C=O) groups is 1. The van der Waals surface area contributed by atoms with Crippen molar-refractivity contribution >= 4 is 17.1 Å². The molecule has 1 aromatic carbocycles. The third-order valence-corrected chi connectivity index (χ3v) is 5.05. The van der Waals surface area contributed by atoms with Crippen LogP contribution in [0.4, 0.5) is 0 Å². The number of aromatic nitrogens is 1. The Morgan fingerprint density at radius 3 is 2.64 bits per heavy atom. The fourth-order valence-corrected chi connectivity index (χ4v) is 3.67. The molecule has 1 saturated heterocycles. The second-order valence-electron chi connectivity index (χ2n) is 6.65. The molecule has 0 bridgehead atoms. The number of Topliss-reactive ketones (excluding diaryl/α,β-unsaturated/α-hetero) is 1. The molecule has 0 radical (unpaired) electrons. The molecule has 4 rings (SSSR count). The largest absolute Gasteiger partial charge is 0.492 e. The van der Waals surface area contributed by atoms with Crippen LogP contribution in [-0.4, -0.2) is 30.5 Å². The Kier molecular flexibility index (Phi) is 4.61. The zero-order valence-electron chi connectivity index (χ0n) is 14.2. The number of pyridine rings is 1. The van der Waals surface area contributed by atoms with Crippen LogP contribution < -0.4 is 5.32 Å². The van der Waals surface area contributed by atoms with E-state index < -0.39 is 0 Å². The van der Waals surface area contributed by atoms with Crippen LogP contribution in [0.2, 0.25) is 0 Å². The summed E-state index contributed by atoms with van der Waals surface area (Å²) in [5, 5.41) is 3.39. The highest BCUT2D eigenvalue weighted by Gasteiger charge is 2.32. The minimum Gasteiger partial charge on any atom is -0.492 e. The molecule has 2 aromatic rings. The van der Waals surface area contributed by atoms with Gasteiger partial charge >= 0.3 is 0 Å². The molecule has 0 amide bonds. The van der Waals surface area contributed by atoms with Gasteiger partial charge in [-0.1, -0.05) is 30.3 Å². The van der Waals surface area contributed by atoms with Crippen LogP contribution in [0.25, 0.3) is 11.3 Å². The van der Waals surface area contributed by atoms with E-state index in [1.807, 2.05) is 36.4 Å². The van der Waals surface area contributed by atoms with Gasteiger partial charge in [-0.2, -0.15) is 0 Å². The third kappa shape index (κ3) is 3.22. The van der Waals surface area contributed by atoms with Crippen LogP contribution in [0.5, 0.6) is 0 Å². The van der Waals surface area contributed by atoms with Crippen LogP contribution in [0.1, 0.15) is 40.7 Å². The van der Waals surface area contributed by atoms with E-state index in [1.54, 1.807) is 12.4 Å². The van der Waals surface area contributed by atoms with Crippen molar-refractivity contribution in [3.63, 3.8) is 0 Å². The predicted molar refractivity (Wildman–Crippen MR) is 98.0 cm³/mol. The molecule has 4 heteroatoms. The second kappa shape index (κ2) is 7.19. The first-order valence-corrected chi connectivity index (χ1v) is 8.97. The summed E-state index contributed by atoms with van der Waals surface area (Å²) in [7, 11) is 0. The highest BCUT2D eigenvalue weighted by molar-refractivity contribution is 6.39. The lowest BCUT2D eigenvalue weighted by Crippen LogP contribution is -2.28. The molecule has 1 aliphatic heterocycles. The molecular weight excluding hydrogens is 312 g/mol. The number of piperidine rings is 1. The van der Waals surface area contributed by atoms with Gasteiger partial charge in [0.05, 0.1) is 12.2 Å². The molecule has 0 spiro atoms. The Hall–Kier alpha value is -2.46. The van der Waals surface area contributed by atoms with Gasteiger partial charge in [0, 0.05) is 29.1 Å². The number of ether oxygens (including phenoxy) is 1. The van der Waals surface area contributed by atoms with Crippen LogP contribution in [-0.2, 0) is 4.74 Å². The summed E-state index contributed by atoms with van der Waals surface area (Å²) in [5.74, 6) is 1.44. The number of ketones is 1. The Bertz CT molecular complexity index is 793. The van der Waals surface area contributed by atoms with Gasteiger partial charge in [0.25, 0.3) is 0 Å². The lowest BCUT2D eigenvalue weighted by atomic mass is 9.95. The summed E-state index contributed by atoms with van der Waals surface area (Å²) in [5.41, 5.74) is 3.08. The van der Waals surface area contributed by atoms with E-state index in [2.05, 4.69) is 10.3 Å². The average molecular weight is 334 g/mol. The van der Waals surface area contributed by atoms with Crippen molar-refractivity contribution in [2.24, 2.45) is 5.92 Å². The first kappa shape index (κ1) is 16.0. The minimum absolute atomic E-state index is 0.0282. The van der Waals surface area contributed by atoms with Gasteiger partial charge in [-0.25, -0.2) is 0 Å². The maximum absolute atomic E-state index is 12.9. The molecular formula is C21H22N2O2. The van der Waals surface area contributed by atoms with Crippen molar-refractivity contribution in [3.05, 3.63) is 65.5 Å². The van der Waals surface area contributed by atoms with Crippen molar-refractivity contribution in [2.45, 2.75) is 19.3 Å². The Balaban J connectivity index is 1.60. The van der Waals surface area contributed by atoms with E-state index >= 15 is 0 Å². The molecule has 0 atom stereocenters. The molecule has 25 heavy (non-hydrogen) atoms. The van der Waals surface area contributed by atoms with Crippen molar-refractivity contribution < 1.29 is 9.53 Å². The maximum Gasteiger partial charge on any atom is 0.198 e. The molecule has 1 N–H and O–H groups in total. The van der Waals surface area contributed by atoms with Crippen molar-refractivity contribution in [1.29, 1.82) is 0 Å². The third-order valence-electron chi connectivity index (χ3n) is 5.05.